The highest BCUT2D eigenvalue weighted by atomic mass is 35.5. The molecule has 2 heterocycles. The van der Waals surface area contributed by atoms with Crippen LogP contribution in [0.25, 0.3) is 31.4 Å². The molecule has 0 aliphatic heterocycles. The van der Waals surface area contributed by atoms with E-state index in [1.54, 1.807) is 11.3 Å². The van der Waals surface area contributed by atoms with Crippen LogP contribution in [0.2, 0.25) is 5.02 Å². The van der Waals surface area contributed by atoms with Crippen molar-refractivity contribution in [3.05, 3.63) is 64.8 Å². The number of benzene rings is 2. The molecule has 108 valence electrons. The Morgan fingerprint density at radius 2 is 1.64 bits per heavy atom. The highest BCUT2D eigenvalue weighted by Crippen LogP contribution is 2.41. The second-order valence-corrected chi connectivity index (χ2v) is 7.06. The number of pyridine rings is 1. The summed E-state index contributed by atoms with van der Waals surface area (Å²) in [4.78, 5) is 4.65. The molecule has 0 bridgehead atoms. The Kier molecular flexibility index (Phi) is 3.17. The monoisotopic (exact) mass is 323 g/mol. The van der Waals surface area contributed by atoms with Gasteiger partial charge >= 0.3 is 0 Å². The minimum atomic E-state index is 0.810. The Morgan fingerprint density at radius 1 is 0.909 bits per heavy atom. The van der Waals surface area contributed by atoms with Gasteiger partial charge in [0.1, 0.15) is 0 Å². The summed E-state index contributed by atoms with van der Waals surface area (Å²) >= 11 is 8.09. The first-order valence-corrected chi connectivity index (χ1v) is 8.37. The predicted octanol–water partition coefficient (Wildman–Crippen LogP) is 6.39. The van der Waals surface area contributed by atoms with Crippen molar-refractivity contribution in [1.29, 1.82) is 0 Å². The second-order valence-electron chi connectivity index (χ2n) is 5.63. The minimum absolute atomic E-state index is 0.810. The molecule has 4 rings (SSSR count). The van der Waals surface area contributed by atoms with Crippen LogP contribution in [0.5, 0.6) is 0 Å². The minimum Gasteiger partial charge on any atom is -0.255 e. The van der Waals surface area contributed by atoms with Crippen LogP contribution in [0.1, 0.15) is 11.1 Å². The molecule has 22 heavy (non-hydrogen) atoms. The summed E-state index contributed by atoms with van der Waals surface area (Å²) in [6.07, 6.45) is 1.89. The normalized spacial score (nSPS) is 11.4. The number of hydrogen-bond acceptors (Lipinski definition) is 2. The molecule has 4 aromatic rings. The average Bonchev–Trinajstić information content (AvgIpc) is 2.86. The van der Waals surface area contributed by atoms with Crippen molar-refractivity contribution < 1.29 is 0 Å². The molecule has 0 radical (unpaired) electrons. The molecular weight excluding hydrogens is 310 g/mol. The smallest absolute Gasteiger partial charge is 0.0880 e. The summed E-state index contributed by atoms with van der Waals surface area (Å²) in [6.45, 7) is 4.25. The molecule has 2 aromatic heterocycles. The molecule has 0 N–H and O–H groups in total. The molecule has 3 heteroatoms. The van der Waals surface area contributed by atoms with Crippen molar-refractivity contribution in [2.75, 3.05) is 0 Å². The van der Waals surface area contributed by atoms with E-state index in [1.165, 1.54) is 32.2 Å². The third-order valence-corrected chi connectivity index (χ3v) is 5.55. The fourth-order valence-corrected chi connectivity index (χ4v) is 4.51. The van der Waals surface area contributed by atoms with Crippen LogP contribution in [0.4, 0.5) is 0 Å². The van der Waals surface area contributed by atoms with E-state index in [1.807, 2.05) is 18.3 Å². The largest absolute Gasteiger partial charge is 0.255 e. The number of hydrogen-bond donors (Lipinski definition) is 0. The lowest BCUT2D eigenvalue weighted by Crippen LogP contribution is -1.86. The molecule has 0 aliphatic rings. The molecule has 0 fully saturated rings. The number of thiophene rings is 1. The van der Waals surface area contributed by atoms with E-state index in [9.17, 15) is 0 Å². The molecule has 0 spiro atoms. The zero-order chi connectivity index (χ0) is 15.3. The Labute approximate surface area is 138 Å². The summed E-state index contributed by atoms with van der Waals surface area (Å²) in [5.74, 6) is 0. The summed E-state index contributed by atoms with van der Waals surface area (Å²) in [6, 6.07) is 14.7. The first-order valence-electron chi connectivity index (χ1n) is 7.18. The van der Waals surface area contributed by atoms with E-state index in [-0.39, 0.29) is 0 Å². The maximum absolute atomic E-state index is 6.37. The number of halogens is 1. The lowest BCUT2D eigenvalue weighted by Gasteiger charge is -2.05. The predicted molar refractivity (Wildman–Crippen MR) is 97.0 cm³/mol. The topological polar surface area (TPSA) is 12.9 Å². The number of aryl methyl sites for hydroxylation is 2. The van der Waals surface area contributed by atoms with Gasteiger partial charge in [-0.05, 0) is 38.1 Å². The van der Waals surface area contributed by atoms with Crippen molar-refractivity contribution in [3.8, 4) is 11.3 Å². The van der Waals surface area contributed by atoms with E-state index in [2.05, 4.69) is 49.2 Å². The van der Waals surface area contributed by atoms with Gasteiger partial charge in [0.25, 0.3) is 0 Å². The molecule has 0 atom stereocenters. The van der Waals surface area contributed by atoms with E-state index in [0.29, 0.717) is 0 Å². The molecule has 0 saturated carbocycles. The Hall–Kier alpha value is -1.90. The molecule has 0 saturated heterocycles. The van der Waals surface area contributed by atoms with Crippen molar-refractivity contribution in [3.63, 3.8) is 0 Å². The van der Waals surface area contributed by atoms with Gasteiger partial charge in [0, 0.05) is 22.5 Å². The van der Waals surface area contributed by atoms with Gasteiger partial charge in [-0.2, -0.15) is 0 Å². The van der Waals surface area contributed by atoms with E-state index >= 15 is 0 Å². The Balaban J connectivity index is 2.10. The Morgan fingerprint density at radius 3 is 2.41 bits per heavy atom. The fraction of sp³-hybridized carbons (Fsp3) is 0.105. The maximum Gasteiger partial charge on any atom is 0.0880 e. The van der Waals surface area contributed by atoms with E-state index in [0.717, 1.165) is 15.4 Å². The van der Waals surface area contributed by atoms with Crippen LogP contribution in [0, 0.1) is 13.8 Å². The van der Waals surface area contributed by atoms with E-state index in [4.69, 9.17) is 11.6 Å². The first-order chi connectivity index (χ1) is 10.6. The quantitative estimate of drug-likeness (QED) is 0.395. The van der Waals surface area contributed by atoms with Crippen molar-refractivity contribution in [2.45, 2.75) is 13.8 Å². The standard InChI is InChI=1S/C19H14ClNS/c1-11-8-12(2)10-13(9-11)17-19-15(6-7-21-17)14-4-3-5-16(20)18(14)22-19/h3-10H,1-2H3. The van der Waals surface area contributed by atoms with Gasteiger partial charge in [-0.1, -0.05) is 40.9 Å². The SMILES string of the molecule is Cc1cc(C)cc(-c2nccc3c2sc2c(Cl)cccc23)c1. The maximum atomic E-state index is 6.37. The van der Waals surface area contributed by atoms with Crippen molar-refractivity contribution in [2.24, 2.45) is 0 Å². The van der Waals surface area contributed by atoms with Crippen LogP contribution in [0.3, 0.4) is 0 Å². The highest BCUT2D eigenvalue weighted by molar-refractivity contribution is 7.26. The number of aromatic nitrogens is 1. The summed E-state index contributed by atoms with van der Waals surface area (Å²) in [5, 5.41) is 3.25. The lowest BCUT2D eigenvalue weighted by atomic mass is 10.0. The van der Waals surface area contributed by atoms with Gasteiger partial charge in [0.2, 0.25) is 0 Å². The molecular formula is C19H14ClNS. The van der Waals surface area contributed by atoms with Gasteiger partial charge < -0.3 is 0 Å². The third kappa shape index (κ3) is 2.11. The third-order valence-electron chi connectivity index (χ3n) is 3.86. The first kappa shape index (κ1) is 13.7. The summed E-state index contributed by atoms with van der Waals surface area (Å²) in [7, 11) is 0. The zero-order valence-electron chi connectivity index (χ0n) is 12.4. The average molecular weight is 324 g/mol. The van der Waals surface area contributed by atoms with Gasteiger partial charge in [-0.15, -0.1) is 11.3 Å². The highest BCUT2D eigenvalue weighted by Gasteiger charge is 2.13. The van der Waals surface area contributed by atoms with Crippen LogP contribution >= 0.6 is 22.9 Å². The zero-order valence-corrected chi connectivity index (χ0v) is 13.9. The van der Waals surface area contributed by atoms with Crippen LogP contribution < -0.4 is 0 Å². The second kappa shape index (κ2) is 5.08. The molecule has 0 amide bonds. The number of fused-ring (bicyclic) bond motifs is 3. The number of rotatable bonds is 1. The van der Waals surface area contributed by atoms with E-state index < -0.39 is 0 Å². The van der Waals surface area contributed by atoms with Gasteiger partial charge in [0.15, 0.2) is 0 Å². The molecule has 0 aliphatic carbocycles. The molecule has 0 unspecified atom stereocenters. The lowest BCUT2D eigenvalue weighted by molar-refractivity contribution is 1.33. The van der Waals surface area contributed by atoms with Crippen LogP contribution in [0.15, 0.2) is 48.7 Å². The van der Waals surface area contributed by atoms with Gasteiger partial charge in [-0.3, -0.25) is 4.98 Å². The number of nitrogens with zero attached hydrogens (tertiary/aromatic N) is 1. The summed E-state index contributed by atoms with van der Waals surface area (Å²) in [5.41, 5.74) is 4.73. The van der Waals surface area contributed by atoms with Crippen molar-refractivity contribution >= 4 is 43.1 Å². The van der Waals surface area contributed by atoms with Gasteiger partial charge in [0.05, 0.1) is 20.1 Å². The fourth-order valence-electron chi connectivity index (χ4n) is 3.01. The molecule has 1 nitrogen and oxygen atoms in total. The van der Waals surface area contributed by atoms with Gasteiger partial charge in [-0.25, -0.2) is 0 Å². The van der Waals surface area contributed by atoms with Crippen LogP contribution in [-0.4, -0.2) is 4.98 Å². The van der Waals surface area contributed by atoms with Crippen molar-refractivity contribution in [1.82, 2.24) is 4.98 Å². The van der Waals surface area contributed by atoms with Crippen LogP contribution in [-0.2, 0) is 0 Å². The summed E-state index contributed by atoms with van der Waals surface area (Å²) < 4.78 is 2.34. The molecule has 2 aromatic carbocycles. The Bertz CT molecular complexity index is 996.